The van der Waals surface area contributed by atoms with Gasteiger partial charge in [-0.15, -0.1) is 0 Å². The number of nitrogens with one attached hydrogen (secondary N) is 1. The molecular weight excluding hydrogens is 299 g/mol. The molecule has 0 saturated heterocycles. The van der Waals surface area contributed by atoms with Crippen LogP contribution in [0.5, 0.6) is 0 Å². The zero-order valence-corrected chi connectivity index (χ0v) is 12.3. The molecule has 20 heavy (non-hydrogen) atoms. The van der Waals surface area contributed by atoms with E-state index in [-0.39, 0.29) is 10.7 Å². The molecule has 0 aliphatic carbocycles. The highest BCUT2D eigenvalue weighted by atomic mass is 32.2. The summed E-state index contributed by atoms with van der Waals surface area (Å²) in [5.74, 6) is -0.372. The maximum Gasteiger partial charge on any atom is 0.241 e. The molecule has 2 aromatic rings. The average Bonchev–Trinajstić information content (AvgIpc) is 2.41. The van der Waals surface area contributed by atoms with E-state index in [1.807, 2.05) is 0 Å². The number of hydrogen-bond acceptors (Lipinski definition) is 4. The van der Waals surface area contributed by atoms with E-state index in [0.29, 0.717) is 15.5 Å². The summed E-state index contributed by atoms with van der Waals surface area (Å²) in [6.07, 6.45) is 0. The fraction of sp³-hybridized carbons (Fsp3) is 0.0769. The van der Waals surface area contributed by atoms with Crippen LogP contribution in [0.3, 0.4) is 0 Å². The standard InChI is InChI=1S/C13H13FN2O2S2/c1-16-20(17,18)13-8-10(15)5-6-12(13)19-11-4-2-3-9(14)7-11/h2-8,16H,15H2,1H3. The molecule has 0 heterocycles. The van der Waals surface area contributed by atoms with Crippen molar-refractivity contribution in [2.24, 2.45) is 0 Å². The van der Waals surface area contributed by atoms with Gasteiger partial charge in [-0.1, -0.05) is 17.8 Å². The summed E-state index contributed by atoms with van der Waals surface area (Å²) in [5, 5.41) is 0. The highest BCUT2D eigenvalue weighted by Crippen LogP contribution is 2.34. The molecule has 0 saturated carbocycles. The van der Waals surface area contributed by atoms with Gasteiger partial charge in [0.1, 0.15) is 5.82 Å². The van der Waals surface area contributed by atoms with E-state index in [9.17, 15) is 12.8 Å². The lowest BCUT2D eigenvalue weighted by Gasteiger charge is -2.10. The zero-order chi connectivity index (χ0) is 14.8. The van der Waals surface area contributed by atoms with E-state index in [1.54, 1.807) is 24.3 Å². The second-order valence-electron chi connectivity index (χ2n) is 3.97. The Hall–Kier alpha value is -1.57. The number of sulfonamides is 1. The topological polar surface area (TPSA) is 72.2 Å². The van der Waals surface area contributed by atoms with Gasteiger partial charge < -0.3 is 5.73 Å². The number of nitrogen functional groups attached to an aromatic ring is 1. The van der Waals surface area contributed by atoms with Crippen LogP contribution in [0.25, 0.3) is 0 Å². The Kier molecular flexibility index (Phi) is 4.32. The molecule has 4 nitrogen and oxygen atoms in total. The number of anilines is 1. The van der Waals surface area contributed by atoms with Crippen LogP contribution in [-0.2, 0) is 10.0 Å². The maximum atomic E-state index is 13.2. The first kappa shape index (κ1) is 14.8. The molecule has 0 unspecified atom stereocenters. The van der Waals surface area contributed by atoms with Gasteiger partial charge in [-0.25, -0.2) is 17.5 Å². The number of rotatable bonds is 4. The highest BCUT2D eigenvalue weighted by Gasteiger charge is 2.18. The number of benzene rings is 2. The van der Waals surface area contributed by atoms with Crippen molar-refractivity contribution in [1.29, 1.82) is 0 Å². The molecule has 0 amide bonds. The summed E-state index contributed by atoms with van der Waals surface area (Å²) in [5.41, 5.74) is 5.98. The summed E-state index contributed by atoms with van der Waals surface area (Å²) < 4.78 is 39.4. The van der Waals surface area contributed by atoms with Crippen molar-refractivity contribution in [3.8, 4) is 0 Å². The van der Waals surface area contributed by atoms with Gasteiger partial charge in [-0.3, -0.25) is 0 Å². The summed E-state index contributed by atoms with van der Waals surface area (Å²) in [7, 11) is -2.30. The van der Waals surface area contributed by atoms with Crippen LogP contribution in [0.2, 0.25) is 0 Å². The van der Waals surface area contributed by atoms with Crippen LogP contribution in [0.4, 0.5) is 10.1 Å². The Morgan fingerprint density at radius 1 is 1.20 bits per heavy atom. The minimum atomic E-state index is -3.63. The molecule has 3 N–H and O–H groups in total. The normalized spacial score (nSPS) is 11.5. The first-order valence-corrected chi connectivity index (χ1v) is 7.99. The third-order valence-corrected chi connectivity index (χ3v) is 5.20. The average molecular weight is 312 g/mol. The molecule has 2 aromatic carbocycles. The third-order valence-electron chi connectivity index (χ3n) is 2.55. The molecule has 2 rings (SSSR count). The van der Waals surface area contributed by atoms with Crippen LogP contribution in [-0.4, -0.2) is 15.5 Å². The second-order valence-corrected chi connectivity index (χ2v) is 6.94. The molecule has 0 atom stereocenters. The van der Waals surface area contributed by atoms with Gasteiger partial charge in [0.25, 0.3) is 0 Å². The fourth-order valence-corrected chi connectivity index (χ4v) is 3.75. The van der Waals surface area contributed by atoms with E-state index in [2.05, 4.69) is 4.72 Å². The smallest absolute Gasteiger partial charge is 0.241 e. The van der Waals surface area contributed by atoms with Gasteiger partial charge in [0.2, 0.25) is 10.0 Å². The van der Waals surface area contributed by atoms with Crippen molar-refractivity contribution in [1.82, 2.24) is 4.72 Å². The van der Waals surface area contributed by atoms with E-state index in [4.69, 9.17) is 5.73 Å². The van der Waals surface area contributed by atoms with Crippen molar-refractivity contribution in [2.75, 3.05) is 12.8 Å². The van der Waals surface area contributed by atoms with E-state index in [1.165, 1.54) is 25.2 Å². The minimum absolute atomic E-state index is 0.0780. The van der Waals surface area contributed by atoms with Gasteiger partial charge in [0.05, 0.1) is 4.90 Å². The Labute approximate surface area is 121 Å². The van der Waals surface area contributed by atoms with E-state index < -0.39 is 10.0 Å². The Morgan fingerprint density at radius 2 is 1.95 bits per heavy atom. The van der Waals surface area contributed by atoms with Crippen LogP contribution < -0.4 is 10.5 Å². The number of halogens is 1. The minimum Gasteiger partial charge on any atom is -0.399 e. The maximum absolute atomic E-state index is 13.2. The summed E-state index contributed by atoms with van der Waals surface area (Å²) in [4.78, 5) is 1.18. The van der Waals surface area contributed by atoms with E-state index in [0.717, 1.165) is 11.8 Å². The zero-order valence-electron chi connectivity index (χ0n) is 10.6. The van der Waals surface area contributed by atoms with Gasteiger partial charge in [0, 0.05) is 15.5 Å². The van der Waals surface area contributed by atoms with Crippen molar-refractivity contribution < 1.29 is 12.8 Å². The highest BCUT2D eigenvalue weighted by molar-refractivity contribution is 8.00. The molecule has 0 bridgehead atoms. The summed E-state index contributed by atoms with van der Waals surface area (Å²) in [6.45, 7) is 0. The Balaban J connectivity index is 2.47. The van der Waals surface area contributed by atoms with Gasteiger partial charge in [-0.05, 0) is 43.4 Å². The van der Waals surface area contributed by atoms with Gasteiger partial charge in [-0.2, -0.15) is 0 Å². The quantitative estimate of drug-likeness (QED) is 0.851. The largest absolute Gasteiger partial charge is 0.399 e. The summed E-state index contributed by atoms with van der Waals surface area (Å²) in [6, 6.07) is 10.6. The van der Waals surface area contributed by atoms with Crippen molar-refractivity contribution >= 4 is 27.5 Å². The summed E-state index contributed by atoms with van der Waals surface area (Å²) >= 11 is 1.16. The lowest BCUT2D eigenvalue weighted by molar-refractivity contribution is 0.586. The first-order chi connectivity index (χ1) is 9.42. The molecule has 0 aliphatic rings. The van der Waals surface area contributed by atoms with Crippen LogP contribution in [0.1, 0.15) is 0 Å². The molecular formula is C13H13FN2O2S2. The second kappa shape index (κ2) is 5.82. The predicted molar refractivity (Wildman–Crippen MR) is 77.6 cm³/mol. The van der Waals surface area contributed by atoms with Crippen molar-refractivity contribution in [3.63, 3.8) is 0 Å². The monoisotopic (exact) mass is 312 g/mol. The van der Waals surface area contributed by atoms with Gasteiger partial charge >= 0.3 is 0 Å². The first-order valence-electron chi connectivity index (χ1n) is 5.69. The molecule has 0 spiro atoms. The van der Waals surface area contributed by atoms with E-state index >= 15 is 0 Å². The van der Waals surface area contributed by atoms with Crippen LogP contribution in [0, 0.1) is 5.82 Å². The molecule has 0 fully saturated rings. The lowest BCUT2D eigenvalue weighted by Crippen LogP contribution is -2.19. The fourth-order valence-electron chi connectivity index (χ4n) is 1.59. The van der Waals surface area contributed by atoms with Crippen LogP contribution in [0.15, 0.2) is 57.2 Å². The molecule has 106 valence electrons. The lowest BCUT2D eigenvalue weighted by atomic mass is 10.3. The SMILES string of the molecule is CNS(=O)(=O)c1cc(N)ccc1Sc1cccc(F)c1. The van der Waals surface area contributed by atoms with Crippen molar-refractivity contribution in [3.05, 3.63) is 48.3 Å². The van der Waals surface area contributed by atoms with Crippen LogP contribution >= 0.6 is 11.8 Å². The molecule has 0 aliphatic heterocycles. The number of nitrogens with two attached hydrogens (primary N) is 1. The van der Waals surface area contributed by atoms with Gasteiger partial charge in [0.15, 0.2) is 0 Å². The Morgan fingerprint density at radius 3 is 2.60 bits per heavy atom. The Bertz CT molecular complexity index is 733. The van der Waals surface area contributed by atoms with Crippen molar-refractivity contribution in [2.45, 2.75) is 14.7 Å². The molecule has 0 aromatic heterocycles. The third kappa shape index (κ3) is 3.30. The predicted octanol–water partition coefficient (Wildman–Crippen LogP) is 2.47. The molecule has 0 radical (unpaired) electrons. The molecule has 7 heteroatoms. The number of hydrogen-bond donors (Lipinski definition) is 2.